The minimum Gasteiger partial charge on any atom is -0.317 e. The van der Waals surface area contributed by atoms with Gasteiger partial charge < -0.3 is 5.32 Å². The van der Waals surface area contributed by atoms with Crippen LogP contribution in [0.15, 0.2) is 18.2 Å². The van der Waals surface area contributed by atoms with Gasteiger partial charge >= 0.3 is 0 Å². The zero-order valence-electron chi connectivity index (χ0n) is 10.8. The van der Waals surface area contributed by atoms with E-state index in [9.17, 15) is 0 Å². The molecule has 0 aliphatic carbocycles. The summed E-state index contributed by atoms with van der Waals surface area (Å²) in [5.74, 6) is 0.727. The number of benzene rings is 1. The fourth-order valence-corrected chi connectivity index (χ4v) is 2.31. The molecule has 17 heavy (non-hydrogen) atoms. The number of hydrogen-bond donors (Lipinski definition) is 1. The summed E-state index contributed by atoms with van der Waals surface area (Å²) >= 11 is 12.2. The van der Waals surface area contributed by atoms with Crippen molar-refractivity contribution < 1.29 is 0 Å². The molecule has 1 aromatic rings. The van der Waals surface area contributed by atoms with Crippen LogP contribution in [0.3, 0.4) is 0 Å². The quantitative estimate of drug-likeness (QED) is 0.801. The summed E-state index contributed by atoms with van der Waals surface area (Å²) in [6, 6.07) is 6.12. The zero-order valence-corrected chi connectivity index (χ0v) is 12.3. The normalized spacial score (nSPS) is 14.6. The van der Waals surface area contributed by atoms with Gasteiger partial charge in [0.05, 0.1) is 0 Å². The van der Waals surface area contributed by atoms with Crippen LogP contribution in [0.4, 0.5) is 0 Å². The van der Waals surface area contributed by atoms with Crippen LogP contribution < -0.4 is 5.32 Å². The molecule has 3 heteroatoms. The lowest BCUT2D eigenvalue weighted by Gasteiger charge is -2.20. The highest BCUT2D eigenvalue weighted by molar-refractivity contribution is 6.33. The van der Waals surface area contributed by atoms with E-state index in [4.69, 9.17) is 23.2 Å². The molecule has 0 bridgehead atoms. The van der Waals surface area contributed by atoms with Gasteiger partial charge in [0.25, 0.3) is 0 Å². The number of nitrogens with one attached hydrogen (secondary N) is 1. The first-order valence-corrected chi connectivity index (χ1v) is 6.93. The van der Waals surface area contributed by atoms with E-state index in [2.05, 4.69) is 19.2 Å². The minimum atomic E-state index is 0.459. The standard InChI is InChI=1S/C14H21Cl2N/c1-4-10(2)7-13(17-3)9-11-8-12(15)5-6-14(11)16/h5-6,8,10,13,17H,4,7,9H2,1-3H3. The van der Waals surface area contributed by atoms with Crippen molar-refractivity contribution in [3.8, 4) is 0 Å². The largest absolute Gasteiger partial charge is 0.317 e. The molecule has 0 aliphatic heterocycles. The van der Waals surface area contributed by atoms with E-state index >= 15 is 0 Å². The van der Waals surface area contributed by atoms with Gasteiger partial charge in [-0.05, 0) is 49.6 Å². The molecule has 1 aromatic carbocycles. The molecule has 1 nitrogen and oxygen atoms in total. The smallest absolute Gasteiger partial charge is 0.0439 e. The maximum absolute atomic E-state index is 6.18. The van der Waals surface area contributed by atoms with E-state index in [0.29, 0.717) is 6.04 Å². The Balaban J connectivity index is 2.69. The summed E-state index contributed by atoms with van der Waals surface area (Å²) in [4.78, 5) is 0. The highest BCUT2D eigenvalue weighted by Gasteiger charge is 2.13. The second-order valence-electron chi connectivity index (χ2n) is 4.67. The monoisotopic (exact) mass is 273 g/mol. The van der Waals surface area contributed by atoms with E-state index in [1.165, 1.54) is 6.42 Å². The first-order chi connectivity index (χ1) is 8.06. The highest BCUT2D eigenvalue weighted by atomic mass is 35.5. The molecule has 0 aliphatic rings. The van der Waals surface area contributed by atoms with Crippen LogP contribution in [0.5, 0.6) is 0 Å². The first kappa shape index (κ1) is 14.8. The summed E-state index contributed by atoms with van der Waals surface area (Å²) in [5, 5.41) is 4.92. The molecule has 0 radical (unpaired) electrons. The van der Waals surface area contributed by atoms with Crippen LogP contribution in [-0.2, 0) is 6.42 Å². The third-order valence-corrected chi connectivity index (χ3v) is 3.87. The van der Waals surface area contributed by atoms with Crippen molar-refractivity contribution in [3.05, 3.63) is 33.8 Å². The van der Waals surface area contributed by atoms with Crippen LogP contribution in [0, 0.1) is 5.92 Å². The Hall–Kier alpha value is -0.240. The molecule has 0 saturated carbocycles. The van der Waals surface area contributed by atoms with Crippen molar-refractivity contribution in [2.45, 2.75) is 39.2 Å². The SMILES string of the molecule is CCC(C)CC(Cc1cc(Cl)ccc1Cl)NC. The summed E-state index contributed by atoms with van der Waals surface area (Å²) in [6.07, 6.45) is 3.30. The number of halogens is 2. The Morgan fingerprint density at radius 2 is 2.00 bits per heavy atom. The third-order valence-electron chi connectivity index (χ3n) is 3.27. The van der Waals surface area contributed by atoms with Gasteiger partial charge in [0, 0.05) is 16.1 Å². The van der Waals surface area contributed by atoms with Gasteiger partial charge in [-0.3, -0.25) is 0 Å². The molecule has 0 saturated heterocycles. The van der Waals surface area contributed by atoms with Gasteiger partial charge in [0.1, 0.15) is 0 Å². The van der Waals surface area contributed by atoms with Crippen molar-refractivity contribution in [2.24, 2.45) is 5.92 Å². The maximum atomic E-state index is 6.18. The van der Waals surface area contributed by atoms with E-state index in [0.717, 1.165) is 34.4 Å². The van der Waals surface area contributed by atoms with Crippen molar-refractivity contribution in [1.82, 2.24) is 5.32 Å². The maximum Gasteiger partial charge on any atom is 0.0439 e. The Kier molecular flexibility index (Phi) is 6.32. The Morgan fingerprint density at radius 3 is 2.59 bits per heavy atom. The molecule has 1 N–H and O–H groups in total. The minimum absolute atomic E-state index is 0.459. The topological polar surface area (TPSA) is 12.0 Å². The van der Waals surface area contributed by atoms with Crippen molar-refractivity contribution in [3.63, 3.8) is 0 Å². The second kappa shape index (κ2) is 7.25. The number of rotatable bonds is 6. The predicted molar refractivity (Wildman–Crippen MR) is 77.1 cm³/mol. The van der Waals surface area contributed by atoms with E-state index in [1.807, 2.05) is 25.2 Å². The second-order valence-corrected chi connectivity index (χ2v) is 5.52. The summed E-state index contributed by atoms with van der Waals surface area (Å²) < 4.78 is 0. The average molecular weight is 274 g/mol. The molecule has 0 aromatic heterocycles. The summed E-state index contributed by atoms with van der Waals surface area (Å²) in [7, 11) is 2.01. The highest BCUT2D eigenvalue weighted by Crippen LogP contribution is 2.23. The average Bonchev–Trinajstić information content (AvgIpc) is 2.32. The molecule has 96 valence electrons. The van der Waals surface area contributed by atoms with Crippen LogP contribution >= 0.6 is 23.2 Å². The molecular weight excluding hydrogens is 253 g/mol. The fraction of sp³-hybridized carbons (Fsp3) is 0.571. The lowest BCUT2D eigenvalue weighted by Crippen LogP contribution is -2.29. The van der Waals surface area contributed by atoms with E-state index in [1.54, 1.807) is 0 Å². The Labute approximate surface area is 115 Å². The van der Waals surface area contributed by atoms with E-state index < -0.39 is 0 Å². The first-order valence-electron chi connectivity index (χ1n) is 6.18. The summed E-state index contributed by atoms with van der Waals surface area (Å²) in [6.45, 7) is 4.51. The molecule has 0 fully saturated rings. The lowest BCUT2D eigenvalue weighted by atomic mass is 9.95. The molecule has 1 rings (SSSR count). The molecule has 0 heterocycles. The van der Waals surface area contributed by atoms with Crippen LogP contribution in [-0.4, -0.2) is 13.1 Å². The summed E-state index contributed by atoms with van der Waals surface area (Å²) in [5.41, 5.74) is 1.13. The van der Waals surface area contributed by atoms with Gasteiger partial charge in [-0.2, -0.15) is 0 Å². The molecule has 2 unspecified atom stereocenters. The van der Waals surface area contributed by atoms with Gasteiger partial charge in [-0.1, -0.05) is 43.5 Å². The van der Waals surface area contributed by atoms with Crippen LogP contribution in [0.25, 0.3) is 0 Å². The molecule has 2 atom stereocenters. The molecular formula is C14H21Cl2N. The predicted octanol–water partition coefficient (Wildman–Crippen LogP) is 4.56. The number of hydrogen-bond acceptors (Lipinski definition) is 1. The fourth-order valence-electron chi connectivity index (χ4n) is 1.92. The van der Waals surface area contributed by atoms with Gasteiger partial charge in [0.2, 0.25) is 0 Å². The van der Waals surface area contributed by atoms with Crippen molar-refractivity contribution >= 4 is 23.2 Å². The lowest BCUT2D eigenvalue weighted by molar-refractivity contribution is 0.410. The van der Waals surface area contributed by atoms with E-state index in [-0.39, 0.29) is 0 Å². The molecule has 0 amide bonds. The van der Waals surface area contributed by atoms with Crippen molar-refractivity contribution in [1.29, 1.82) is 0 Å². The zero-order chi connectivity index (χ0) is 12.8. The molecule has 0 spiro atoms. The van der Waals surface area contributed by atoms with Gasteiger partial charge in [-0.25, -0.2) is 0 Å². The Morgan fingerprint density at radius 1 is 1.29 bits per heavy atom. The van der Waals surface area contributed by atoms with Crippen LogP contribution in [0.1, 0.15) is 32.3 Å². The Bertz CT molecular complexity index is 352. The van der Waals surface area contributed by atoms with Gasteiger partial charge in [-0.15, -0.1) is 0 Å². The number of likely N-dealkylation sites (N-methyl/N-ethyl adjacent to an activating group) is 1. The third kappa shape index (κ3) is 4.87. The van der Waals surface area contributed by atoms with Crippen LogP contribution in [0.2, 0.25) is 10.0 Å². The van der Waals surface area contributed by atoms with Crippen molar-refractivity contribution in [2.75, 3.05) is 7.05 Å². The van der Waals surface area contributed by atoms with Gasteiger partial charge in [0.15, 0.2) is 0 Å².